The van der Waals surface area contributed by atoms with E-state index in [2.05, 4.69) is 10.3 Å². The summed E-state index contributed by atoms with van der Waals surface area (Å²) in [7, 11) is 0. The molecule has 1 aromatic carbocycles. The van der Waals surface area contributed by atoms with Crippen LogP contribution in [-0.4, -0.2) is 16.5 Å². The number of non-ortho nitro benzene ring substituents is 1. The second-order valence-corrected chi connectivity index (χ2v) is 5.21. The lowest BCUT2D eigenvalue weighted by molar-refractivity contribution is -0.384. The molecular formula is C12H9ClN4O2S. The van der Waals surface area contributed by atoms with Crippen LogP contribution in [0.5, 0.6) is 0 Å². The average molecular weight is 309 g/mol. The summed E-state index contributed by atoms with van der Waals surface area (Å²) < 4.78 is 0. The quantitative estimate of drug-likeness (QED) is 0.676. The van der Waals surface area contributed by atoms with Crippen LogP contribution >= 0.6 is 22.9 Å². The van der Waals surface area contributed by atoms with Crippen molar-refractivity contribution in [2.75, 3.05) is 11.9 Å². The van der Waals surface area contributed by atoms with Crippen LogP contribution in [0.3, 0.4) is 0 Å². The number of thiazole rings is 1. The minimum atomic E-state index is -0.428. The first-order valence-electron chi connectivity index (χ1n) is 5.64. The Labute approximate surface area is 123 Å². The summed E-state index contributed by atoms with van der Waals surface area (Å²) in [5.74, 6) is 0. The Hall–Kier alpha value is -2.17. The van der Waals surface area contributed by atoms with Crippen molar-refractivity contribution in [1.82, 2.24) is 4.98 Å². The van der Waals surface area contributed by atoms with Crippen molar-refractivity contribution in [3.63, 3.8) is 0 Å². The number of hydrogen-bond donors (Lipinski definition) is 1. The predicted octanol–water partition coefficient (Wildman–Crippen LogP) is 3.23. The first-order chi connectivity index (χ1) is 9.60. The smallest absolute Gasteiger partial charge is 0.269 e. The van der Waals surface area contributed by atoms with Crippen LogP contribution in [0.15, 0.2) is 24.3 Å². The first-order valence-corrected chi connectivity index (χ1v) is 6.83. The highest BCUT2D eigenvalue weighted by molar-refractivity contribution is 7.16. The molecule has 1 aromatic heterocycles. The van der Waals surface area contributed by atoms with E-state index in [1.807, 2.05) is 6.07 Å². The zero-order valence-corrected chi connectivity index (χ0v) is 11.7. The number of nitro groups is 1. The Morgan fingerprint density at radius 1 is 1.45 bits per heavy atom. The van der Waals surface area contributed by atoms with E-state index in [9.17, 15) is 10.1 Å². The van der Waals surface area contributed by atoms with E-state index in [0.717, 1.165) is 5.56 Å². The van der Waals surface area contributed by atoms with Crippen LogP contribution in [-0.2, 0) is 6.42 Å². The molecule has 0 bridgehead atoms. The molecule has 1 N–H and O–H groups in total. The van der Waals surface area contributed by atoms with Gasteiger partial charge in [-0.05, 0) is 12.0 Å². The monoisotopic (exact) mass is 308 g/mol. The summed E-state index contributed by atoms with van der Waals surface area (Å²) in [4.78, 5) is 14.5. The molecule has 2 rings (SSSR count). The average Bonchev–Trinajstić information content (AvgIpc) is 2.79. The van der Waals surface area contributed by atoms with Crippen molar-refractivity contribution in [3.05, 3.63) is 50.0 Å². The molecule has 0 amide bonds. The van der Waals surface area contributed by atoms with Crippen LogP contribution in [0.25, 0.3) is 0 Å². The standard InChI is InChI=1S/C12H9ClN4O2S/c13-11-10(7-14)20-12(16-11)15-6-5-8-1-3-9(4-2-8)17(18)19/h1-4H,5-6H2,(H,15,16). The Morgan fingerprint density at radius 2 is 2.15 bits per heavy atom. The third-order valence-electron chi connectivity index (χ3n) is 2.52. The summed E-state index contributed by atoms with van der Waals surface area (Å²) in [5, 5.41) is 23.1. The number of benzene rings is 1. The maximum atomic E-state index is 10.5. The van der Waals surface area contributed by atoms with Crippen molar-refractivity contribution in [2.45, 2.75) is 6.42 Å². The van der Waals surface area contributed by atoms with Crippen molar-refractivity contribution >= 4 is 33.8 Å². The van der Waals surface area contributed by atoms with Crippen molar-refractivity contribution in [1.29, 1.82) is 5.26 Å². The van der Waals surface area contributed by atoms with Crippen LogP contribution < -0.4 is 5.32 Å². The molecule has 8 heteroatoms. The number of nitrogens with zero attached hydrogens (tertiary/aromatic N) is 3. The second kappa shape index (κ2) is 6.32. The van der Waals surface area contributed by atoms with Gasteiger partial charge in [-0.3, -0.25) is 10.1 Å². The molecule has 6 nitrogen and oxygen atoms in total. The molecule has 0 saturated heterocycles. The lowest BCUT2D eigenvalue weighted by Gasteiger charge is -2.02. The molecule has 0 fully saturated rings. The van der Waals surface area contributed by atoms with Crippen LogP contribution in [0.4, 0.5) is 10.8 Å². The maximum Gasteiger partial charge on any atom is 0.269 e. The number of rotatable bonds is 5. The number of nitro benzene ring substituents is 1. The Balaban J connectivity index is 1.89. The van der Waals surface area contributed by atoms with Gasteiger partial charge in [0.2, 0.25) is 0 Å². The molecule has 0 aliphatic heterocycles. The lowest BCUT2D eigenvalue weighted by Crippen LogP contribution is -2.04. The number of halogens is 1. The van der Waals surface area contributed by atoms with Crippen LogP contribution in [0.1, 0.15) is 10.4 Å². The summed E-state index contributed by atoms with van der Waals surface area (Å²) in [5.41, 5.74) is 1.05. The molecule has 0 aliphatic carbocycles. The molecule has 0 unspecified atom stereocenters. The number of hydrogen-bond acceptors (Lipinski definition) is 6. The normalized spacial score (nSPS) is 10.0. The fraction of sp³-hybridized carbons (Fsp3) is 0.167. The van der Waals surface area contributed by atoms with E-state index in [1.54, 1.807) is 12.1 Å². The first kappa shape index (κ1) is 14.2. The van der Waals surface area contributed by atoms with E-state index < -0.39 is 4.92 Å². The van der Waals surface area contributed by atoms with Gasteiger partial charge in [-0.1, -0.05) is 35.1 Å². The fourth-order valence-corrected chi connectivity index (χ4v) is 2.52. The van der Waals surface area contributed by atoms with Crippen LogP contribution in [0.2, 0.25) is 5.15 Å². The van der Waals surface area contributed by atoms with Gasteiger partial charge in [-0.15, -0.1) is 0 Å². The molecule has 0 aliphatic rings. The molecular weight excluding hydrogens is 300 g/mol. The number of nitriles is 1. The highest BCUT2D eigenvalue weighted by Crippen LogP contribution is 2.25. The second-order valence-electron chi connectivity index (χ2n) is 3.85. The topological polar surface area (TPSA) is 91.8 Å². The van der Waals surface area contributed by atoms with E-state index in [4.69, 9.17) is 16.9 Å². The van der Waals surface area contributed by atoms with Gasteiger partial charge in [0, 0.05) is 18.7 Å². The minimum absolute atomic E-state index is 0.0760. The van der Waals surface area contributed by atoms with E-state index in [0.29, 0.717) is 23.0 Å². The zero-order valence-electron chi connectivity index (χ0n) is 10.2. The van der Waals surface area contributed by atoms with Crippen molar-refractivity contribution < 1.29 is 4.92 Å². The SMILES string of the molecule is N#Cc1sc(NCCc2ccc([N+](=O)[O-])cc2)nc1Cl. The zero-order chi connectivity index (χ0) is 14.5. The molecule has 0 saturated carbocycles. The van der Waals surface area contributed by atoms with Gasteiger partial charge in [0.1, 0.15) is 10.9 Å². The number of nitrogens with one attached hydrogen (secondary N) is 1. The van der Waals surface area contributed by atoms with Gasteiger partial charge < -0.3 is 5.32 Å². The number of aromatic nitrogens is 1. The maximum absolute atomic E-state index is 10.5. The molecule has 102 valence electrons. The van der Waals surface area contributed by atoms with E-state index >= 15 is 0 Å². The summed E-state index contributed by atoms with van der Waals surface area (Å²) >= 11 is 6.96. The minimum Gasteiger partial charge on any atom is -0.361 e. The molecule has 2 aromatic rings. The van der Waals surface area contributed by atoms with Gasteiger partial charge >= 0.3 is 0 Å². The third kappa shape index (κ3) is 3.44. The van der Waals surface area contributed by atoms with Crippen molar-refractivity contribution in [2.24, 2.45) is 0 Å². The van der Waals surface area contributed by atoms with Gasteiger partial charge in [-0.2, -0.15) is 5.26 Å². The summed E-state index contributed by atoms with van der Waals surface area (Å²) in [6, 6.07) is 8.35. The highest BCUT2D eigenvalue weighted by atomic mass is 35.5. The van der Waals surface area contributed by atoms with E-state index in [1.165, 1.54) is 23.5 Å². The molecule has 20 heavy (non-hydrogen) atoms. The Kier molecular flexibility index (Phi) is 4.50. The van der Waals surface area contributed by atoms with Gasteiger partial charge in [0.05, 0.1) is 4.92 Å². The van der Waals surface area contributed by atoms with Gasteiger partial charge in [0.15, 0.2) is 10.3 Å². The third-order valence-corrected chi connectivity index (χ3v) is 3.83. The van der Waals surface area contributed by atoms with Crippen molar-refractivity contribution in [3.8, 4) is 6.07 Å². The molecule has 0 atom stereocenters. The molecule has 0 spiro atoms. The molecule has 1 heterocycles. The summed E-state index contributed by atoms with van der Waals surface area (Å²) in [6.07, 6.45) is 0.692. The molecule has 0 radical (unpaired) electrons. The van der Waals surface area contributed by atoms with Crippen LogP contribution in [0, 0.1) is 21.4 Å². The lowest BCUT2D eigenvalue weighted by atomic mass is 10.1. The predicted molar refractivity (Wildman–Crippen MR) is 77.1 cm³/mol. The Bertz CT molecular complexity index is 663. The number of anilines is 1. The van der Waals surface area contributed by atoms with Gasteiger partial charge in [0.25, 0.3) is 5.69 Å². The van der Waals surface area contributed by atoms with E-state index in [-0.39, 0.29) is 10.8 Å². The summed E-state index contributed by atoms with van der Waals surface area (Å²) in [6.45, 7) is 0.604. The fourth-order valence-electron chi connectivity index (χ4n) is 1.54. The highest BCUT2D eigenvalue weighted by Gasteiger charge is 2.08. The largest absolute Gasteiger partial charge is 0.361 e. The Morgan fingerprint density at radius 3 is 2.70 bits per heavy atom. The van der Waals surface area contributed by atoms with Gasteiger partial charge in [-0.25, -0.2) is 4.98 Å².